The third-order valence-corrected chi connectivity index (χ3v) is 4.09. The van der Waals surface area contributed by atoms with Crippen LogP contribution in [0.3, 0.4) is 0 Å². The zero-order chi connectivity index (χ0) is 19.1. The van der Waals surface area contributed by atoms with Crippen molar-refractivity contribution in [2.75, 3.05) is 13.2 Å². The molecular formula is C19H14BrClNO4-. The SMILES string of the molecule is CCOc1cc(/C=C(/C#N)c2ccc(Cl)cc2)cc(Br)c1OCC(=O)[O-]. The summed E-state index contributed by atoms with van der Waals surface area (Å²) < 4.78 is 11.3. The number of hydrogen-bond acceptors (Lipinski definition) is 5. The lowest BCUT2D eigenvalue weighted by atomic mass is 10.0. The van der Waals surface area contributed by atoms with E-state index < -0.39 is 12.6 Å². The van der Waals surface area contributed by atoms with Crippen LogP contribution < -0.4 is 14.6 Å². The topological polar surface area (TPSA) is 82.4 Å². The minimum atomic E-state index is -1.34. The van der Waals surface area contributed by atoms with Crippen LogP contribution in [-0.2, 0) is 4.79 Å². The lowest BCUT2D eigenvalue weighted by Crippen LogP contribution is -2.29. The number of nitriles is 1. The molecule has 134 valence electrons. The molecule has 0 fully saturated rings. The highest BCUT2D eigenvalue weighted by molar-refractivity contribution is 9.10. The van der Waals surface area contributed by atoms with E-state index in [-0.39, 0.29) is 5.75 Å². The second-order valence-electron chi connectivity index (χ2n) is 5.10. The van der Waals surface area contributed by atoms with Crippen molar-refractivity contribution >= 4 is 45.1 Å². The summed E-state index contributed by atoms with van der Waals surface area (Å²) in [6.45, 7) is 1.57. The van der Waals surface area contributed by atoms with Crippen LogP contribution in [0.15, 0.2) is 40.9 Å². The second kappa shape index (κ2) is 9.27. The van der Waals surface area contributed by atoms with Crippen LogP contribution in [0.25, 0.3) is 11.6 Å². The largest absolute Gasteiger partial charge is 0.546 e. The van der Waals surface area contributed by atoms with Crippen molar-refractivity contribution in [2.45, 2.75) is 6.92 Å². The summed E-state index contributed by atoms with van der Waals surface area (Å²) in [5, 5.41) is 20.7. The monoisotopic (exact) mass is 434 g/mol. The summed E-state index contributed by atoms with van der Waals surface area (Å²) in [4.78, 5) is 10.6. The van der Waals surface area contributed by atoms with E-state index in [1.165, 1.54) is 0 Å². The van der Waals surface area contributed by atoms with E-state index in [1.807, 2.05) is 0 Å². The summed E-state index contributed by atoms with van der Waals surface area (Å²) in [5.74, 6) is -0.709. The highest BCUT2D eigenvalue weighted by atomic mass is 79.9. The standard InChI is InChI=1S/C19H15BrClNO4/c1-2-25-17-9-12(8-16(20)19(17)26-11-18(23)24)7-14(10-22)13-3-5-15(21)6-4-13/h3-9H,2,11H2,1H3,(H,23,24)/p-1/b14-7-. The van der Waals surface area contributed by atoms with Gasteiger partial charge in [0.1, 0.15) is 6.61 Å². The predicted octanol–water partition coefficient (Wildman–Crippen LogP) is 3.69. The van der Waals surface area contributed by atoms with Crippen molar-refractivity contribution in [3.63, 3.8) is 0 Å². The van der Waals surface area contributed by atoms with Crippen LogP contribution in [-0.4, -0.2) is 19.2 Å². The van der Waals surface area contributed by atoms with Gasteiger partial charge in [0.05, 0.1) is 28.7 Å². The lowest BCUT2D eigenvalue weighted by Gasteiger charge is -2.15. The lowest BCUT2D eigenvalue weighted by molar-refractivity contribution is -0.307. The van der Waals surface area contributed by atoms with Gasteiger partial charge in [-0.25, -0.2) is 0 Å². The van der Waals surface area contributed by atoms with E-state index in [4.69, 9.17) is 21.1 Å². The number of rotatable bonds is 7. The minimum absolute atomic E-state index is 0.262. The Balaban J connectivity index is 2.43. The Kier molecular flexibility index (Phi) is 7.07. The van der Waals surface area contributed by atoms with Gasteiger partial charge in [-0.15, -0.1) is 0 Å². The fourth-order valence-corrected chi connectivity index (χ4v) is 2.88. The number of hydrogen-bond donors (Lipinski definition) is 0. The summed E-state index contributed by atoms with van der Waals surface area (Å²) in [6.07, 6.45) is 1.69. The van der Waals surface area contributed by atoms with Crippen molar-refractivity contribution in [1.82, 2.24) is 0 Å². The summed E-state index contributed by atoms with van der Waals surface area (Å²) in [5.41, 5.74) is 1.86. The van der Waals surface area contributed by atoms with Crippen LogP contribution in [0.5, 0.6) is 11.5 Å². The molecule has 0 unspecified atom stereocenters. The first kappa shape index (κ1) is 19.8. The van der Waals surface area contributed by atoms with Gasteiger partial charge in [0, 0.05) is 5.02 Å². The average molecular weight is 436 g/mol. The molecular weight excluding hydrogens is 422 g/mol. The molecule has 0 aliphatic rings. The van der Waals surface area contributed by atoms with Gasteiger partial charge < -0.3 is 19.4 Å². The molecule has 0 saturated heterocycles. The van der Waals surface area contributed by atoms with E-state index in [2.05, 4.69) is 22.0 Å². The van der Waals surface area contributed by atoms with Gasteiger partial charge in [-0.2, -0.15) is 5.26 Å². The molecule has 0 amide bonds. The Hall–Kier alpha value is -2.49. The first-order valence-electron chi connectivity index (χ1n) is 7.61. The molecule has 0 aliphatic heterocycles. The maximum absolute atomic E-state index is 10.6. The third kappa shape index (κ3) is 5.25. The Morgan fingerprint density at radius 2 is 2.00 bits per heavy atom. The van der Waals surface area contributed by atoms with Gasteiger partial charge in [-0.05, 0) is 64.3 Å². The molecule has 26 heavy (non-hydrogen) atoms. The van der Waals surface area contributed by atoms with E-state index >= 15 is 0 Å². The quantitative estimate of drug-likeness (QED) is 0.489. The number of nitrogens with zero attached hydrogens (tertiary/aromatic N) is 1. The smallest absolute Gasteiger partial charge is 0.175 e. The molecule has 2 aromatic rings. The Labute approximate surface area is 164 Å². The molecule has 0 bridgehead atoms. The summed E-state index contributed by atoms with van der Waals surface area (Å²) in [7, 11) is 0. The van der Waals surface area contributed by atoms with Crippen molar-refractivity contribution in [1.29, 1.82) is 5.26 Å². The molecule has 2 rings (SSSR count). The number of carboxylic acids is 1. The average Bonchev–Trinajstić information content (AvgIpc) is 2.60. The predicted molar refractivity (Wildman–Crippen MR) is 101 cm³/mol. The molecule has 0 atom stereocenters. The zero-order valence-corrected chi connectivity index (χ0v) is 16.1. The van der Waals surface area contributed by atoms with E-state index in [1.54, 1.807) is 49.4 Å². The molecule has 0 spiro atoms. The van der Waals surface area contributed by atoms with E-state index in [0.717, 1.165) is 5.56 Å². The van der Waals surface area contributed by atoms with Crippen LogP contribution in [0, 0.1) is 11.3 Å². The van der Waals surface area contributed by atoms with Gasteiger partial charge in [-0.3, -0.25) is 0 Å². The first-order valence-corrected chi connectivity index (χ1v) is 8.78. The van der Waals surface area contributed by atoms with Gasteiger partial charge in [0.25, 0.3) is 0 Å². The fourth-order valence-electron chi connectivity index (χ4n) is 2.18. The number of carbonyl (C=O) groups is 1. The molecule has 0 saturated carbocycles. The molecule has 7 heteroatoms. The normalized spacial score (nSPS) is 10.9. The zero-order valence-electron chi connectivity index (χ0n) is 13.8. The molecule has 0 aromatic heterocycles. The molecule has 5 nitrogen and oxygen atoms in total. The first-order chi connectivity index (χ1) is 12.4. The number of carbonyl (C=O) groups excluding carboxylic acids is 1. The van der Waals surface area contributed by atoms with Crippen LogP contribution >= 0.6 is 27.5 Å². The number of halogens is 2. The molecule has 2 aromatic carbocycles. The van der Waals surface area contributed by atoms with Gasteiger partial charge in [0.2, 0.25) is 0 Å². The molecule has 0 radical (unpaired) electrons. The van der Waals surface area contributed by atoms with Crippen molar-refractivity contribution in [3.05, 3.63) is 57.0 Å². The maximum atomic E-state index is 10.6. The van der Waals surface area contributed by atoms with Gasteiger partial charge in [-0.1, -0.05) is 23.7 Å². The van der Waals surface area contributed by atoms with E-state index in [0.29, 0.717) is 33.0 Å². The minimum Gasteiger partial charge on any atom is -0.546 e. The van der Waals surface area contributed by atoms with Crippen molar-refractivity contribution < 1.29 is 19.4 Å². The van der Waals surface area contributed by atoms with E-state index in [9.17, 15) is 15.2 Å². The maximum Gasteiger partial charge on any atom is 0.175 e. The molecule has 0 aliphatic carbocycles. The van der Waals surface area contributed by atoms with Crippen molar-refractivity contribution in [3.8, 4) is 17.6 Å². The summed E-state index contributed by atoms with van der Waals surface area (Å²) in [6, 6.07) is 12.5. The Morgan fingerprint density at radius 1 is 1.31 bits per heavy atom. The highest BCUT2D eigenvalue weighted by Crippen LogP contribution is 2.38. The summed E-state index contributed by atoms with van der Waals surface area (Å²) >= 11 is 9.23. The van der Waals surface area contributed by atoms with Crippen molar-refractivity contribution in [2.24, 2.45) is 0 Å². The Morgan fingerprint density at radius 3 is 2.58 bits per heavy atom. The third-order valence-electron chi connectivity index (χ3n) is 3.25. The molecule has 0 heterocycles. The second-order valence-corrected chi connectivity index (χ2v) is 6.39. The Bertz CT molecular complexity index is 872. The number of benzene rings is 2. The van der Waals surface area contributed by atoms with Gasteiger partial charge in [0.15, 0.2) is 11.5 Å². The van der Waals surface area contributed by atoms with Crippen LogP contribution in [0.1, 0.15) is 18.1 Å². The fraction of sp³-hybridized carbons (Fsp3) is 0.158. The van der Waals surface area contributed by atoms with Crippen LogP contribution in [0.4, 0.5) is 0 Å². The number of carboxylic acid groups (broad SMARTS) is 1. The molecule has 0 N–H and O–H groups in total. The number of aliphatic carboxylic acids is 1. The highest BCUT2D eigenvalue weighted by Gasteiger charge is 2.13. The van der Waals surface area contributed by atoms with Gasteiger partial charge >= 0.3 is 0 Å². The number of ether oxygens (including phenoxy) is 2. The number of allylic oxidation sites excluding steroid dienone is 1. The van der Waals surface area contributed by atoms with Crippen LogP contribution in [0.2, 0.25) is 5.02 Å².